The molecule has 3 saturated carbocycles. The van der Waals surface area contributed by atoms with Crippen molar-refractivity contribution in [3.05, 3.63) is 12.2 Å². The number of carboxylic acid groups (broad SMARTS) is 2. The molecular weight excluding hydrogens is 437 g/mol. The summed E-state index contributed by atoms with van der Waals surface area (Å²) in [6, 6.07) is 1.35. The van der Waals surface area contributed by atoms with E-state index >= 15 is 0 Å². The molecule has 1 amide bonds. The van der Waals surface area contributed by atoms with Crippen LogP contribution in [0.25, 0.3) is 0 Å². The van der Waals surface area contributed by atoms with E-state index in [2.05, 4.69) is 5.32 Å². The molecule has 182 valence electrons. The van der Waals surface area contributed by atoms with Gasteiger partial charge >= 0.3 is 17.9 Å². The van der Waals surface area contributed by atoms with Crippen LogP contribution in [0.15, 0.2) is 12.2 Å². The molecule has 3 N–H and O–H groups in total. The quantitative estimate of drug-likeness (QED) is 0.372. The van der Waals surface area contributed by atoms with Gasteiger partial charge in [-0.3, -0.25) is 9.59 Å². The van der Waals surface area contributed by atoms with Gasteiger partial charge < -0.3 is 25.2 Å². The van der Waals surface area contributed by atoms with Crippen LogP contribution in [-0.2, 0) is 23.9 Å². The highest BCUT2D eigenvalue weighted by molar-refractivity contribution is 5.89. The Labute approximate surface area is 191 Å². The molecule has 33 heavy (non-hydrogen) atoms. The topological polar surface area (TPSA) is 157 Å². The van der Waals surface area contributed by atoms with Crippen LogP contribution < -0.4 is 5.32 Å². The van der Waals surface area contributed by atoms with Gasteiger partial charge in [-0.25, -0.2) is 14.0 Å². The summed E-state index contributed by atoms with van der Waals surface area (Å²) in [5.74, 6) is -2.81. The monoisotopic (exact) mass is 467 g/mol. The number of nitriles is 1. The number of rotatable bonds is 7. The second-order valence-electron chi connectivity index (χ2n) is 8.67. The number of fused-ring (bicyclic) bond motifs is 3. The zero-order valence-electron chi connectivity index (χ0n) is 18.6. The van der Waals surface area contributed by atoms with Crippen LogP contribution in [-0.4, -0.2) is 76.4 Å². The van der Waals surface area contributed by atoms with E-state index in [4.69, 9.17) is 20.2 Å². The van der Waals surface area contributed by atoms with Crippen LogP contribution in [0.2, 0.25) is 0 Å². The fraction of sp³-hybridized carbons (Fsp3) is 0.682. The third-order valence-electron chi connectivity index (χ3n) is 6.66. The average Bonchev–Trinajstić information content (AvgIpc) is 3.19. The molecule has 0 radical (unpaired) electrons. The third-order valence-corrected chi connectivity index (χ3v) is 6.66. The molecule has 2 atom stereocenters. The lowest BCUT2D eigenvalue weighted by molar-refractivity contribution is -0.163. The number of carbonyl (C=O) groups is 4. The normalized spacial score (nSPS) is 30.3. The van der Waals surface area contributed by atoms with Gasteiger partial charge in [-0.1, -0.05) is 0 Å². The fourth-order valence-electron chi connectivity index (χ4n) is 4.73. The number of nitrogens with zero attached hydrogens (tertiary/aromatic N) is 2. The zero-order chi connectivity index (χ0) is 24.6. The van der Waals surface area contributed by atoms with Crippen molar-refractivity contribution in [3.63, 3.8) is 0 Å². The largest absolute Gasteiger partial charge is 0.478 e. The minimum absolute atomic E-state index is 0.0116. The number of hydrogen-bond acceptors (Lipinski definition) is 7. The number of aliphatic carboxylic acids is 2. The smallest absolute Gasteiger partial charge is 0.328 e. The first-order valence-electron chi connectivity index (χ1n) is 11.0. The van der Waals surface area contributed by atoms with Gasteiger partial charge in [-0.2, -0.15) is 5.26 Å². The summed E-state index contributed by atoms with van der Waals surface area (Å²) in [5.41, 5.74) is -0.466. The van der Waals surface area contributed by atoms with Crippen LogP contribution in [0.1, 0.15) is 51.9 Å². The molecule has 4 fully saturated rings. The molecule has 3 aliphatic carbocycles. The van der Waals surface area contributed by atoms with Gasteiger partial charge in [0.05, 0.1) is 31.2 Å². The van der Waals surface area contributed by atoms with Crippen molar-refractivity contribution in [2.75, 3.05) is 19.7 Å². The predicted octanol–water partition coefficient (Wildman–Crippen LogP) is 1.41. The van der Waals surface area contributed by atoms with E-state index in [-0.39, 0.29) is 42.3 Å². The number of carbonyl (C=O) groups excluding carboxylic acids is 2. The van der Waals surface area contributed by atoms with Gasteiger partial charge in [0.2, 0.25) is 5.91 Å². The zero-order valence-corrected chi connectivity index (χ0v) is 18.6. The predicted molar refractivity (Wildman–Crippen MR) is 113 cm³/mol. The van der Waals surface area contributed by atoms with Crippen molar-refractivity contribution in [2.45, 2.75) is 69.6 Å². The Morgan fingerprint density at radius 3 is 2.12 bits per heavy atom. The fourth-order valence-corrected chi connectivity index (χ4v) is 4.73. The Hall–Kier alpha value is -3.00. The van der Waals surface area contributed by atoms with E-state index in [0.717, 1.165) is 38.5 Å². The Morgan fingerprint density at radius 1 is 1.12 bits per heavy atom. The molecule has 0 spiro atoms. The third kappa shape index (κ3) is 6.74. The number of likely N-dealkylation sites (tertiary alicyclic amines) is 1. The summed E-state index contributed by atoms with van der Waals surface area (Å²) in [6.45, 7) is 2.37. The molecule has 4 rings (SSSR count). The Bertz CT molecular complexity index is 798. The number of hydrogen-bond donors (Lipinski definition) is 3. The molecule has 2 bridgehead atoms. The van der Waals surface area contributed by atoms with Crippen molar-refractivity contribution in [1.82, 2.24) is 10.2 Å². The first-order chi connectivity index (χ1) is 15.6. The Morgan fingerprint density at radius 2 is 1.67 bits per heavy atom. The van der Waals surface area contributed by atoms with E-state index in [1.807, 2.05) is 13.0 Å². The Balaban J connectivity index is 0.000000414. The number of nitrogens with one attached hydrogen (secondary N) is 1. The molecule has 0 aromatic heterocycles. The lowest BCUT2D eigenvalue weighted by Crippen LogP contribution is -2.58. The summed E-state index contributed by atoms with van der Waals surface area (Å²) in [7, 11) is 0. The summed E-state index contributed by atoms with van der Waals surface area (Å²) in [4.78, 5) is 45.1. The van der Waals surface area contributed by atoms with Crippen molar-refractivity contribution in [3.8, 4) is 6.07 Å². The van der Waals surface area contributed by atoms with Crippen LogP contribution >= 0.6 is 0 Å². The van der Waals surface area contributed by atoms with E-state index in [1.54, 1.807) is 0 Å². The molecule has 1 aliphatic heterocycles. The van der Waals surface area contributed by atoms with Crippen LogP contribution in [0, 0.1) is 16.7 Å². The summed E-state index contributed by atoms with van der Waals surface area (Å²) in [6.07, 6.45) is 4.98. The summed E-state index contributed by atoms with van der Waals surface area (Å²) < 4.78 is 18.7. The molecule has 0 aromatic carbocycles. The molecule has 0 unspecified atom stereocenters. The molecule has 1 saturated heterocycles. The van der Waals surface area contributed by atoms with Gasteiger partial charge in [-0.15, -0.1) is 0 Å². The summed E-state index contributed by atoms with van der Waals surface area (Å²) >= 11 is 0. The Kier molecular flexibility index (Phi) is 8.93. The minimum atomic E-state index is -1.26. The van der Waals surface area contributed by atoms with Gasteiger partial charge in [0, 0.05) is 24.1 Å². The number of esters is 1. The van der Waals surface area contributed by atoms with Crippen molar-refractivity contribution < 1.29 is 38.5 Å². The van der Waals surface area contributed by atoms with Crippen molar-refractivity contribution in [1.29, 1.82) is 5.26 Å². The minimum Gasteiger partial charge on any atom is -0.478 e. The number of amides is 1. The number of ether oxygens (including phenoxy) is 1. The van der Waals surface area contributed by atoms with Crippen molar-refractivity contribution in [2.24, 2.45) is 5.41 Å². The SMILES string of the molecule is CCOC(=O)C12CCC(NCC(=O)N3C[C@@H](F)C[C@H]3C#N)(CC1)CC2.O=C(O)C=CC(=O)O. The molecule has 10 nitrogen and oxygen atoms in total. The highest BCUT2D eigenvalue weighted by Gasteiger charge is 2.53. The second-order valence-corrected chi connectivity index (χ2v) is 8.67. The molecule has 4 aliphatic rings. The first kappa shape index (κ1) is 26.3. The van der Waals surface area contributed by atoms with Gasteiger partial charge in [0.1, 0.15) is 12.2 Å². The van der Waals surface area contributed by atoms with Crippen LogP contribution in [0.5, 0.6) is 0 Å². The number of carboxylic acids is 2. The number of alkyl halides is 1. The van der Waals surface area contributed by atoms with Crippen molar-refractivity contribution >= 4 is 23.8 Å². The standard InChI is InChI=1S/C18H26FN3O3.C4H4O4/c1-2-25-16(24)17-3-6-18(7-4-17,8-5-17)21-11-15(23)22-12-13(19)9-14(22)10-20;5-3(6)1-2-4(7)8/h13-14,21H,2-9,11-12H2,1H3;1-2H,(H,5,6)(H,7,8)/t13-,14-,17?,18?;/m0./s1. The summed E-state index contributed by atoms with van der Waals surface area (Å²) in [5, 5.41) is 28.1. The maximum atomic E-state index is 13.5. The van der Waals surface area contributed by atoms with E-state index in [1.165, 1.54) is 4.90 Å². The molecule has 0 aromatic rings. The number of halogens is 1. The first-order valence-corrected chi connectivity index (χ1v) is 11.0. The molecule has 1 heterocycles. The van der Waals surface area contributed by atoms with Gasteiger partial charge in [0.15, 0.2) is 0 Å². The lowest BCUT2D eigenvalue weighted by Gasteiger charge is -2.52. The van der Waals surface area contributed by atoms with Crippen LogP contribution in [0.4, 0.5) is 4.39 Å². The van der Waals surface area contributed by atoms with Crippen LogP contribution in [0.3, 0.4) is 0 Å². The highest BCUT2D eigenvalue weighted by Crippen LogP contribution is 2.52. The average molecular weight is 467 g/mol. The van der Waals surface area contributed by atoms with Gasteiger partial charge in [-0.05, 0) is 45.4 Å². The highest BCUT2D eigenvalue weighted by atomic mass is 19.1. The van der Waals surface area contributed by atoms with E-state index in [0.29, 0.717) is 18.8 Å². The maximum absolute atomic E-state index is 13.5. The van der Waals surface area contributed by atoms with E-state index in [9.17, 15) is 23.6 Å². The van der Waals surface area contributed by atoms with E-state index < -0.39 is 24.2 Å². The molecule has 11 heteroatoms. The second kappa shape index (κ2) is 11.2. The van der Waals surface area contributed by atoms with Gasteiger partial charge in [0.25, 0.3) is 0 Å². The molecular formula is C22H30FN3O7. The maximum Gasteiger partial charge on any atom is 0.328 e. The lowest BCUT2D eigenvalue weighted by atomic mass is 9.57.